The molecular weight excluding hydrogens is 299 g/mol. The van der Waals surface area contributed by atoms with E-state index < -0.39 is 7.12 Å². The molecule has 5 heteroatoms. The van der Waals surface area contributed by atoms with Crippen molar-refractivity contribution in [2.45, 2.75) is 6.54 Å². The Morgan fingerprint density at radius 3 is 2.58 bits per heavy atom. The van der Waals surface area contributed by atoms with Crippen LogP contribution in [0, 0.1) is 0 Å². The summed E-state index contributed by atoms with van der Waals surface area (Å²) in [6.07, 6.45) is 3.80. The van der Waals surface area contributed by atoms with Gasteiger partial charge < -0.3 is 10.0 Å². The van der Waals surface area contributed by atoms with Crippen molar-refractivity contribution >= 4 is 34.4 Å². The van der Waals surface area contributed by atoms with Crippen LogP contribution in [0.2, 0.25) is 0 Å². The van der Waals surface area contributed by atoms with Gasteiger partial charge in [0.05, 0.1) is 10.9 Å². The van der Waals surface area contributed by atoms with E-state index in [1.54, 1.807) is 12.3 Å². The molecule has 24 heavy (non-hydrogen) atoms. The minimum Gasteiger partial charge on any atom is -0.423 e. The molecule has 0 saturated carbocycles. The number of nitrogens with zero attached hydrogens (tertiary/aromatic N) is 2. The third-order valence-corrected chi connectivity index (χ3v) is 4.32. The molecule has 0 bridgehead atoms. The normalized spacial score (nSPS) is 11.1. The van der Waals surface area contributed by atoms with E-state index in [4.69, 9.17) is 0 Å². The summed E-state index contributed by atoms with van der Waals surface area (Å²) in [6.45, 7) is 0.566. The summed E-state index contributed by atoms with van der Waals surface area (Å²) in [4.78, 5) is 4.41. The van der Waals surface area contributed by atoms with Gasteiger partial charge in [0.15, 0.2) is 12.7 Å². The topological polar surface area (TPSA) is 57.2 Å². The monoisotopic (exact) mass is 315 g/mol. The fourth-order valence-corrected chi connectivity index (χ4v) is 3.16. The average Bonchev–Trinajstić information content (AvgIpc) is 2.62. The lowest BCUT2D eigenvalue weighted by Crippen LogP contribution is -2.41. The smallest absolute Gasteiger partial charge is 0.423 e. The van der Waals surface area contributed by atoms with Crippen molar-refractivity contribution in [1.82, 2.24) is 4.98 Å². The Morgan fingerprint density at radius 1 is 0.875 bits per heavy atom. The highest BCUT2D eigenvalue weighted by Gasteiger charge is 2.19. The van der Waals surface area contributed by atoms with Gasteiger partial charge in [0, 0.05) is 29.3 Å². The van der Waals surface area contributed by atoms with Gasteiger partial charge in [-0.2, -0.15) is 4.57 Å². The van der Waals surface area contributed by atoms with E-state index in [1.807, 2.05) is 42.6 Å². The summed E-state index contributed by atoms with van der Waals surface area (Å²) in [7, 11) is -1.47. The zero-order valence-corrected chi connectivity index (χ0v) is 13.0. The van der Waals surface area contributed by atoms with Crippen LogP contribution in [-0.2, 0) is 6.54 Å². The first-order valence-corrected chi connectivity index (χ1v) is 7.84. The standard InChI is InChI=1S/C19H16BN2O2/c23-20(24)17-8-2-1-5-14(17)13-22-12-4-7-16-15-6-3-11-21-18(15)9-10-19(16)22/h1-12,23-24H,13H2/q+1. The highest BCUT2D eigenvalue weighted by molar-refractivity contribution is 6.59. The molecule has 0 aliphatic carbocycles. The summed E-state index contributed by atoms with van der Waals surface area (Å²) in [6, 6.07) is 19.6. The number of hydrogen-bond acceptors (Lipinski definition) is 3. The highest BCUT2D eigenvalue weighted by Crippen LogP contribution is 2.21. The molecule has 2 aromatic heterocycles. The van der Waals surface area contributed by atoms with Crippen molar-refractivity contribution in [2.24, 2.45) is 0 Å². The lowest BCUT2D eigenvalue weighted by Gasteiger charge is -2.08. The van der Waals surface area contributed by atoms with Gasteiger partial charge in [-0.3, -0.25) is 4.98 Å². The van der Waals surface area contributed by atoms with Crippen molar-refractivity contribution in [2.75, 3.05) is 0 Å². The van der Waals surface area contributed by atoms with E-state index in [9.17, 15) is 10.0 Å². The summed E-state index contributed by atoms with van der Waals surface area (Å²) < 4.78 is 2.11. The van der Waals surface area contributed by atoms with E-state index in [0.717, 1.165) is 27.4 Å². The molecular formula is C19H16BN2O2+. The predicted molar refractivity (Wildman–Crippen MR) is 94.8 cm³/mol. The Bertz CT molecular complexity index is 1030. The molecule has 2 aromatic carbocycles. The lowest BCUT2D eigenvalue weighted by atomic mass is 9.77. The van der Waals surface area contributed by atoms with Crippen LogP contribution in [0.5, 0.6) is 0 Å². The second-order valence-corrected chi connectivity index (χ2v) is 5.78. The molecule has 0 radical (unpaired) electrons. The first-order chi connectivity index (χ1) is 11.7. The van der Waals surface area contributed by atoms with Crippen molar-refractivity contribution in [1.29, 1.82) is 0 Å². The molecule has 0 amide bonds. The molecule has 0 spiro atoms. The average molecular weight is 315 g/mol. The maximum atomic E-state index is 9.58. The van der Waals surface area contributed by atoms with E-state index >= 15 is 0 Å². The van der Waals surface area contributed by atoms with E-state index in [2.05, 4.69) is 27.8 Å². The fourth-order valence-electron chi connectivity index (χ4n) is 3.16. The quantitative estimate of drug-likeness (QED) is 0.341. The largest absolute Gasteiger partial charge is 0.488 e. The van der Waals surface area contributed by atoms with Gasteiger partial charge in [0.2, 0.25) is 5.52 Å². The van der Waals surface area contributed by atoms with E-state index in [0.29, 0.717) is 12.0 Å². The zero-order chi connectivity index (χ0) is 16.5. The maximum Gasteiger partial charge on any atom is 0.488 e. The third-order valence-electron chi connectivity index (χ3n) is 4.32. The molecule has 0 unspecified atom stereocenters. The van der Waals surface area contributed by atoms with Crippen LogP contribution < -0.4 is 10.0 Å². The molecule has 2 N–H and O–H groups in total. The van der Waals surface area contributed by atoms with Crippen molar-refractivity contribution < 1.29 is 14.6 Å². The molecule has 0 aliphatic heterocycles. The molecule has 4 rings (SSSR count). The van der Waals surface area contributed by atoms with E-state index in [-0.39, 0.29) is 0 Å². The summed E-state index contributed by atoms with van der Waals surface area (Å²) in [5.41, 5.74) is 3.47. The number of rotatable bonds is 3. The Labute approximate surface area is 139 Å². The van der Waals surface area contributed by atoms with Crippen LogP contribution in [0.1, 0.15) is 5.56 Å². The number of hydrogen-bond donors (Lipinski definition) is 2. The van der Waals surface area contributed by atoms with Crippen LogP contribution in [0.4, 0.5) is 0 Å². The molecule has 2 heterocycles. The van der Waals surface area contributed by atoms with Gasteiger partial charge in [-0.15, -0.1) is 0 Å². The Hall–Kier alpha value is -2.76. The number of benzene rings is 2. The van der Waals surface area contributed by atoms with Crippen LogP contribution in [0.25, 0.3) is 21.8 Å². The van der Waals surface area contributed by atoms with Crippen molar-refractivity contribution in [3.63, 3.8) is 0 Å². The van der Waals surface area contributed by atoms with Crippen molar-refractivity contribution in [3.8, 4) is 0 Å². The lowest BCUT2D eigenvalue weighted by molar-refractivity contribution is -0.662. The fraction of sp³-hybridized carbons (Fsp3) is 0.0526. The molecule has 116 valence electrons. The predicted octanol–water partition coefficient (Wildman–Crippen LogP) is 1.40. The summed E-state index contributed by atoms with van der Waals surface area (Å²) in [5, 5.41) is 21.4. The van der Waals surface area contributed by atoms with Crippen molar-refractivity contribution in [3.05, 3.63) is 78.6 Å². The SMILES string of the molecule is OB(O)c1ccccc1C[n+]1cccc2c3cccnc3ccc21. The third kappa shape index (κ3) is 2.54. The van der Waals surface area contributed by atoms with Gasteiger partial charge in [0.1, 0.15) is 0 Å². The maximum absolute atomic E-state index is 9.58. The molecule has 0 aliphatic rings. The van der Waals surface area contributed by atoms with Gasteiger partial charge >= 0.3 is 7.12 Å². The highest BCUT2D eigenvalue weighted by atomic mass is 16.4. The Morgan fingerprint density at radius 2 is 1.71 bits per heavy atom. The second-order valence-electron chi connectivity index (χ2n) is 5.78. The first kappa shape index (κ1) is 14.8. The van der Waals surface area contributed by atoms with Crippen LogP contribution in [0.3, 0.4) is 0 Å². The molecule has 0 fully saturated rings. The molecule has 0 atom stereocenters. The minimum absolute atomic E-state index is 0.532. The summed E-state index contributed by atoms with van der Waals surface area (Å²) >= 11 is 0. The summed E-state index contributed by atoms with van der Waals surface area (Å²) in [5.74, 6) is 0. The number of pyridine rings is 2. The van der Waals surface area contributed by atoms with Gasteiger partial charge in [0.25, 0.3) is 0 Å². The molecule has 4 aromatic rings. The Kier molecular flexibility index (Phi) is 3.73. The first-order valence-electron chi connectivity index (χ1n) is 7.84. The zero-order valence-electron chi connectivity index (χ0n) is 13.0. The van der Waals surface area contributed by atoms with Gasteiger partial charge in [-0.1, -0.05) is 30.3 Å². The van der Waals surface area contributed by atoms with Crippen LogP contribution in [-0.4, -0.2) is 22.2 Å². The second kappa shape index (κ2) is 6.04. The Balaban J connectivity index is 1.88. The van der Waals surface area contributed by atoms with E-state index in [1.165, 1.54) is 0 Å². The van der Waals surface area contributed by atoms with Gasteiger partial charge in [-0.25, -0.2) is 0 Å². The van der Waals surface area contributed by atoms with Crippen LogP contribution in [0.15, 0.2) is 73.1 Å². The molecule has 4 nitrogen and oxygen atoms in total. The van der Waals surface area contributed by atoms with Gasteiger partial charge in [-0.05, 0) is 23.7 Å². The van der Waals surface area contributed by atoms with Crippen LogP contribution >= 0.6 is 0 Å². The molecule has 0 saturated heterocycles. The number of fused-ring (bicyclic) bond motifs is 3. The number of aromatic nitrogens is 2. The minimum atomic E-state index is -1.47.